The lowest BCUT2D eigenvalue weighted by Crippen LogP contribution is -2.38. The van der Waals surface area contributed by atoms with Crippen molar-refractivity contribution >= 4 is 17.8 Å². The van der Waals surface area contributed by atoms with Crippen LogP contribution in [0.5, 0.6) is 0 Å². The van der Waals surface area contributed by atoms with Crippen LogP contribution in [-0.2, 0) is 24.4 Å². The molecule has 0 aliphatic carbocycles. The second-order valence-electron chi connectivity index (χ2n) is 8.14. The Morgan fingerprint density at radius 1 is 1.00 bits per heavy atom. The molecule has 2 N–H and O–H groups in total. The molecule has 3 rings (SSSR count). The molecule has 0 saturated carbocycles. The average Bonchev–Trinajstić information content (AvgIpc) is 3.24. The first-order valence-electron chi connectivity index (χ1n) is 11.1. The number of rotatable bonds is 8. The third-order valence-corrected chi connectivity index (χ3v) is 5.42. The molecular weight excluding hydrogens is 402 g/mol. The monoisotopic (exact) mass is 435 g/mol. The minimum Gasteiger partial charge on any atom is -0.357 e. The zero-order valence-corrected chi connectivity index (χ0v) is 19.2. The summed E-state index contributed by atoms with van der Waals surface area (Å²) in [6.45, 7) is 5.39. The summed E-state index contributed by atoms with van der Waals surface area (Å²) in [5, 5.41) is 6.54. The summed E-state index contributed by atoms with van der Waals surface area (Å²) in [5.74, 6) is 0.904. The molecule has 0 radical (unpaired) electrons. The number of carbonyl (C=O) groups excluding carboxylic acids is 2. The van der Waals surface area contributed by atoms with E-state index in [4.69, 9.17) is 0 Å². The first kappa shape index (κ1) is 23.3. The topological polar surface area (TPSA) is 77.0 Å². The largest absolute Gasteiger partial charge is 0.357 e. The second kappa shape index (κ2) is 11.3. The Bertz CT molecular complexity index is 928. The van der Waals surface area contributed by atoms with Crippen molar-refractivity contribution in [1.82, 2.24) is 20.4 Å². The predicted molar refractivity (Wildman–Crippen MR) is 127 cm³/mol. The number of carbonyl (C=O) groups is 2. The van der Waals surface area contributed by atoms with E-state index >= 15 is 0 Å². The van der Waals surface area contributed by atoms with Crippen LogP contribution < -0.4 is 10.6 Å². The van der Waals surface area contributed by atoms with E-state index in [1.807, 2.05) is 48.2 Å². The summed E-state index contributed by atoms with van der Waals surface area (Å²) in [4.78, 5) is 32.6. The van der Waals surface area contributed by atoms with Crippen LogP contribution in [0.25, 0.3) is 0 Å². The molecule has 32 heavy (non-hydrogen) atoms. The number of hydrogen-bond donors (Lipinski definition) is 2. The normalized spacial score (nSPS) is 13.0. The standard InChI is InChI=1S/C25H33N5O2/c1-4-26-25(28-16-19-11-13-20(14-12-19)24(32)29(2)3)27-15-7-10-23(31)30-17-21-8-5-6-9-22(21)18-30/h5-6,8-9,11-14H,4,7,10,15-18H2,1-3H3,(H2,26,27,28). The average molecular weight is 436 g/mol. The lowest BCUT2D eigenvalue weighted by Gasteiger charge is -2.16. The number of guanidine groups is 1. The fraction of sp³-hybridized carbons (Fsp3) is 0.400. The third-order valence-electron chi connectivity index (χ3n) is 5.42. The van der Waals surface area contributed by atoms with Gasteiger partial charge in [-0.2, -0.15) is 0 Å². The van der Waals surface area contributed by atoms with E-state index in [2.05, 4.69) is 27.8 Å². The van der Waals surface area contributed by atoms with Gasteiger partial charge in [0.05, 0.1) is 6.54 Å². The smallest absolute Gasteiger partial charge is 0.253 e. The molecule has 1 aliphatic heterocycles. The zero-order chi connectivity index (χ0) is 22.9. The van der Waals surface area contributed by atoms with Gasteiger partial charge >= 0.3 is 0 Å². The summed E-state index contributed by atoms with van der Waals surface area (Å²) in [5.41, 5.74) is 4.19. The highest BCUT2D eigenvalue weighted by Crippen LogP contribution is 2.22. The molecule has 2 aromatic carbocycles. The molecule has 7 nitrogen and oxygen atoms in total. The first-order valence-corrected chi connectivity index (χ1v) is 11.1. The Hall–Kier alpha value is -3.35. The maximum atomic E-state index is 12.5. The molecule has 170 valence electrons. The van der Waals surface area contributed by atoms with Gasteiger partial charge < -0.3 is 20.4 Å². The number of nitrogens with one attached hydrogen (secondary N) is 2. The number of nitrogens with zero attached hydrogens (tertiary/aromatic N) is 3. The van der Waals surface area contributed by atoms with Crippen LogP contribution in [0.4, 0.5) is 0 Å². The van der Waals surface area contributed by atoms with Crippen LogP contribution in [0.1, 0.15) is 46.8 Å². The maximum absolute atomic E-state index is 12.5. The van der Waals surface area contributed by atoms with Crippen LogP contribution in [0.3, 0.4) is 0 Å². The van der Waals surface area contributed by atoms with Crippen molar-refractivity contribution in [2.45, 2.75) is 39.4 Å². The molecular formula is C25H33N5O2. The second-order valence-corrected chi connectivity index (χ2v) is 8.14. The van der Waals surface area contributed by atoms with Gasteiger partial charge in [0.1, 0.15) is 0 Å². The Morgan fingerprint density at radius 3 is 2.25 bits per heavy atom. The van der Waals surface area contributed by atoms with Gasteiger partial charge in [0.2, 0.25) is 5.91 Å². The molecule has 1 heterocycles. The van der Waals surface area contributed by atoms with E-state index < -0.39 is 0 Å². The van der Waals surface area contributed by atoms with E-state index in [-0.39, 0.29) is 11.8 Å². The van der Waals surface area contributed by atoms with Crippen LogP contribution in [0, 0.1) is 0 Å². The quantitative estimate of drug-likeness (QED) is 0.380. The van der Waals surface area contributed by atoms with Gasteiger partial charge in [-0.05, 0) is 42.2 Å². The van der Waals surface area contributed by atoms with E-state index in [0.29, 0.717) is 38.2 Å². The van der Waals surface area contributed by atoms with Gasteiger partial charge in [0.15, 0.2) is 5.96 Å². The Balaban J connectivity index is 1.43. The number of amides is 2. The van der Waals surface area contributed by atoms with Crippen molar-refractivity contribution in [3.8, 4) is 0 Å². The maximum Gasteiger partial charge on any atom is 0.253 e. The highest BCUT2D eigenvalue weighted by atomic mass is 16.2. The van der Waals surface area contributed by atoms with Crippen molar-refractivity contribution in [2.75, 3.05) is 27.2 Å². The summed E-state index contributed by atoms with van der Waals surface area (Å²) < 4.78 is 0. The van der Waals surface area contributed by atoms with Crippen molar-refractivity contribution in [3.63, 3.8) is 0 Å². The van der Waals surface area contributed by atoms with Gasteiger partial charge in [0, 0.05) is 52.3 Å². The van der Waals surface area contributed by atoms with Crippen molar-refractivity contribution in [2.24, 2.45) is 4.99 Å². The number of aliphatic imine (C=N–C) groups is 1. The lowest BCUT2D eigenvalue weighted by atomic mass is 10.1. The highest BCUT2D eigenvalue weighted by molar-refractivity contribution is 5.93. The van der Waals surface area contributed by atoms with Gasteiger partial charge in [-0.3, -0.25) is 9.59 Å². The lowest BCUT2D eigenvalue weighted by molar-refractivity contribution is -0.131. The van der Waals surface area contributed by atoms with Gasteiger partial charge in [-0.15, -0.1) is 0 Å². The van der Waals surface area contributed by atoms with Crippen molar-refractivity contribution < 1.29 is 9.59 Å². The number of benzene rings is 2. The molecule has 0 unspecified atom stereocenters. The Kier molecular flexibility index (Phi) is 8.25. The SMILES string of the molecule is CCNC(=NCc1ccc(C(=O)N(C)C)cc1)NCCCC(=O)N1Cc2ccccc2C1. The predicted octanol–water partition coefficient (Wildman–Crippen LogP) is 2.77. The summed E-state index contributed by atoms with van der Waals surface area (Å²) in [6, 6.07) is 15.7. The van der Waals surface area contributed by atoms with E-state index in [1.165, 1.54) is 11.1 Å². The van der Waals surface area contributed by atoms with Crippen LogP contribution >= 0.6 is 0 Å². The minimum atomic E-state index is -0.0117. The van der Waals surface area contributed by atoms with Crippen LogP contribution in [0.2, 0.25) is 0 Å². The van der Waals surface area contributed by atoms with Gasteiger partial charge in [0.25, 0.3) is 5.91 Å². The van der Waals surface area contributed by atoms with Crippen molar-refractivity contribution in [3.05, 3.63) is 70.8 Å². The molecule has 0 atom stereocenters. The number of hydrogen-bond acceptors (Lipinski definition) is 3. The van der Waals surface area contributed by atoms with E-state index in [9.17, 15) is 9.59 Å². The zero-order valence-electron chi connectivity index (χ0n) is 19.2. The molecule has 2 amide bonds. The third kappa shape index (κ3) is 6.33. The number of fused-ring (bicyclic) bond motifs is 1. The van der Waals surface area contributed by atoms with Crippen LogP contribution in [0.15, 0.2) is 53.5 Å². The Labute approximate surface area is 190 Å². The molecule has 0 aromatic heterocycles. The van der Waals surface area contributed by atoms with E-state index in [1.54, 1.807) is 19.0 Å². The molecule has 0 fully saturated rings. The summed E-state index contributed by atoms with van der Waals surface area (Å²) >= 11 is 0. The molecule has 7 heteroatoms. The van der Waals surface area contributed by atoms with Gasteiger partial charge in [-0.25, -0.2) is 4.99 Å². The molecule has 0 bridgehead atoms. The van der Waals surface area contributed by atoms with Crippen LogP contribution in [-0.4, -0.2) is 54.8 Å². The highest BCUT2D eigenvalue weighted by Gasteiger charge is 2.22. The fourth-order valence-corrected chi connectivity index (χ4v) is 3.64. The van der Waals surface area contributed by atoms with Crippen molar-refractivity contribution in [1.29, 1.82) is 0 Å². The Morgan fingerprint density at radius 2 is 1.66 bits per heavy atom. The minimum absolute atomic E-state index is 0.0117. The van der Waals surface area contributed by atoms with Gasteiger partial charge in [-0.1, -0.05) is 36.4 Å². The fourth-order valence-electron chi connectivity index (χ4n) is 3.64. The van der Waals surface area contributed by atoms with E-state index in [0.717, 1.165) is 24.5 Å². The molecule has 0 saturated heterocycles. The summed E-state index contributed by atoms with van der Waals surface area (Å²) in [6.07, 6.45) is 1.26. The first-order chi connectivity index (χ1) is 15.5. The molecule has 1 aliphatic rings. The summed E-state index contributed by atoms with van der Waals surface area (Å²) in [7, 11) is 3.49. The molecule has 2 aromatic rings. The molecule has 0 spiro atoms.